The van der Waals surface area contributed by atoms with Gasteiger partial charge in [-0.3, -0.25) is 9.59 Å². The van der Waals surface area contributed by atoms with Crippen LogP contribution in [0.15, 0.2) is 18.2 Å². The van der Waals surface area contributed by atoms with Gasteiger partial charge in [-0.15, -0.1) is 0 Å². The highest BCUT2D eigenvalue weighted by atomic mass is 16.5. The molecule has 0 aromatic heterocycles. The van der Waals surface area contributed by atoms with Gasteiger partial charge < -0.3 is 14.5 Å². The molecule has 0 radical (unpaired) electrons. The summed E-state index contributed by atoms with van der Waals surface area (Å²) < 4.78 is 5.41. The van der Waals surface area contributed by atoms with Gasteiger partial charge in [0.05, 0.1) is 12.1 Å². The fourth-order valence-electron chi connectivity index (χ4n) is 2.97. The van der Waals surface area contributed by atoms with Gasteiger partial charge in [-0.2, -0.15) is 0 Å². The van der Waals surface area contributed by atoms with E-state index < -0.39 is 0 Å². The number of hydrogen-bond acceptors (Lipinski definition) is 3. The van der Waals surface area contributed by atoms with Crippen molar-refractivity contribution < 1.29 is 14.3 Å². The normalized spacial score (nSPS) is 18.9. The number of piperidine rings is 1. The van der Waals surface area contributed by atoms with E-state index in [0.29, 0.717) is 18.1 Å². The molecule has 1 aromatic carbocycles. The monoisotopic (exact) mass is 302 g/mol. The topological polar surface area (TPSA) is 49.9 Å². The number of benzene rings is 1. The van der Waals surface area contributed by atoms with Crippen molar-refractivity contribution in [2.45, 2.75) is 26.2 Å². The number of amides is 2. The Kier molecular flexibility index (Phi) is 4.05. The summed E-state index contributed by atoms with van der Waals surface area (Å²) in [4.78, 5) is 27.6. The number of ether oxygens (including phenoxy) is 1. The van der Waals surface area contributed by atoms with E-state index in [4.69, 9.17) is 4.74 Å². The summed E-state index contributed by atoms with van der Waals surface area (Å²) in [7, 11) is 1.74. The summed E-state index contributed by atoms with van der Waals surface area (Å²) in [6.45, 7) is 4.02. The standard InChI is InChI=1S/C17H22N2O3/c1-12-5-7-19(8-6-12)16(20)10-13-3-4-15-14(9-13)18(2)17(21)11-22-15/h3-4,9,12H,5-8,10-11H2,1-2H3. The van der Waals surface area contributed by atoms with Gasteiger partial charge in [0.1, 0.15) is 5.75 Å². The number of carbonyl (C=O) groups is 2. The molecule has 1 aromatic rings. The van der Waals surface area contributed by atoms with Gasteiger partial charge in [0.15, 0.2) is 6.61 Å². The van der Waals surface area contributed by atoms with E-state index in [1.54, 1.807) is 11.9 Å². The van der Waals surface area contributed by atoms with E-state index in [-0.39, 0.29) is 18.4 Å². The van der Waals surface area contributed by atoms with E-state index in [1.807, 2.05) is 23.1 Å². The van der Waals surface area contributed by atoms with Crippen molar-refractivity contribution in [3.8, 4) is 5.75 Å². The first kappa shape index (κ1) is 14.9. The van der Waals surface area contributed by atoms with Crippen molar-refractivity contribution in [3.05, 3.63) is 23.8 Å². The molecule has 1 fully saturated rings. The molecule has 0 saturated carbocycles. The van der Waals surface area contributed by atoms with Crippen LogP contribution in [0, 0.1) is 5.92 Å². The maximum absolute atomic E-state index is 12.4. The maximum Gasteiger partial charge on any atom is 0.264 e. The fraction of sp³-hybridized carbons (Fsp3) is 0.529. The zero-order valence-corrected chi connectivity index (χ0v) is 13.2. The fourth-order valence-corrected chi connectivity index (χ4v) is 2.97. The molecule has 1 saturated heterocycles. The number of likely N-dealkylation sites (N-methyl/N-ethyl adjacent to an activating group) is 1. The van der Waals surface area contributed by atoms with E-state index in [2.05, 4.69) is 6.92 Å². The van der Waals surface area contributed by atoms with Crippen LogP contribution in [0.25, 0.3) is 0 Å². The lowest BCUT2D eigenvalue weighted by Crippen LogP contribution is -2.39. The molecular weight excluding hydrogens is 280 g/mol. The highest BCUT2D eigenvalue weighted by Crippen LogP contribution is 2.32. The molecular formula is C17H22N2O3. The predicted molar refractivity (Wildman–Crippen MR) is 84.0 cm³/mol. The summed E-state index contributed by atoms with van der Waals surface area (Å²) in [6, 6.07) is 5.64. The van der Waals surface area contributed by atoms with Crippen molar-refractivity contribution >= 4 is 17.5 Å². The largest absolute Gasteiger partial charge is 0.482 e. The minimum Gasteiger partial charge on any atom is -0.482 e. The Hall–Kier alpha value is -2.04. The van der Waals surface area contributed by atoms with E-state index in [9.17, 15) is 9.59 Å². The van der Waals surface area contributed by atoms with E-state index in [1.165, 1.54) is 0 Å². The zero-order chi connectivity index (χ0) is 15.7. The highest BCUT2D eigenvalue weighted by molar-refractivity contribution is 5.97. The molecule has 118 valence electrons. The Morgan fingerprint density at radius 3 is 2.77 bits per heavy atom. The summed E-state index contributed by atoms with van der Waals surface area (Å²) in [5, 5.41) is 0. The first-order valence-corrected chi connectivity index (χ1v) is 7.84. The van der Waals surface area contributed by atoms with Crippen LogP contribution in [-0.2, 0) is 16.0 Å². The third-order valence-corrected chi connectivity index (χ3v) is 4.60. The summed E-state index contributed by atoms with van der Waals surface area (Å²) in [5.41, 5.74) is 1.67. The first-order valence-electron chi connectivity index (χ1n) is 7.84. The molecule has 0 bridgehead atoms. The second-order valence-electron chi connectivity index (χ2n) is 6.28. The van der Waals surface area contributed by atoms with Gasteiger partial charge in [0.2, 0.25) is 5.91 Å². The molecule has 0 unspecified atom stereocenters. The van der Waals surface area contributed by atoms with E-state index >= 15 is 0 Å². The highest BCUT2D eigenvalue weighted by Gasteiger charge is 2.24. The van der Waals surface area contributed by atoms with E-state index in [0.717, 1.165) is 37.2 Å². The number of anilines is 1. The van der Waals surface area contributed by atoms with Gasteiger partial charge in [-0.05, 0) is 36.5 Å². The van der Waals surface area contributed by atoms with Crippen LogP contribution in [0.2, 0.25) is 0 Å². The summed E-state index contributed by atoms with van der Waals surface area (Å²) >= 11 is 0. The van der Waals surface area contributed by atoms with Crippen LogP contribution >= 0.6 is 0 Å². The number of rotatable bonds is 2. The van der Waals surface area contributed by atoms with Crippen molar-refractivity contribution in [2.24, 2.45) is 5.92 Å². The molecule has 2 aliphatic heterocycles. The predicted octanol–water partition coefficient (Wildman–Crippen LogP) is 1.84. The summed E-state index contributed by atoms with van der Waals surface area (Å²) in [5.74, 6) is 1.51. The molecule has 0 N–H and O–H groups in total. The Morgan fingerprint density at radius 1 is 1.32 bits per heavy atom. The molecule has 0 aliphatic carbocycles. The zero-order valence-electron chi connectivity index (χ0n) is 13.2. The smallest absolute Gasteiger partial charge is 0.264 e. The van der Waals surface area contributed by atoms with Crippen molar-refractivity contribution in [2.75, 3.05) is 31.6 Å². The lowest BCUT2D eigenvalue weighted by atomic mass is 9.98. The number of carbonyl (C=O) groups excluding carboxylic acids is 2. The van der Waals surface area contributed by atoms with Crippen molar-refractivity contribution in [3.63, 3.8) is 0 Å². The molecule has 0 atom stereocenters. The Balaban J connectivity index is 1.71. The van der Waals surface area contributed by atoms with Crippen LogP contribution < -0.4 is 9.64 Å². The Morgan fingerprint density at radius 2 is 2.05 bits per heavy atom. The molecule has 3 rings (SSSR count). The minimum absolute atomic E-state index is 0.0685. The second-order valence-corrected chi connectivity index (χ2v) is 6.28. The van der Waals surface area contributed by atoms with Gasteiger partial charge in [0.25, 0.3) is 5.91 Å². The number of hydrogen-bond donors (Lipinski definition) is 0. The van der Waals surface area contributed by atoms with Gasteiger partial charge >= 0.3 is 0 Å². The first-order chi connectivity index (χ1) is 10.5. The average molecular weight is 302 g/mol. The third kappa shape index (κ3) is 2.93. The van der Waals surface area contributed by atoms with Crippen LogP contribution in [0.4, 0.5) is 5.69 Å². The van der Waals surface area contributed by atoms with Crippen LogP contribution in [0.3, 0.4) is 0 Å². The Bertz CT molecular complexity index is 592. The molecule has 0 spiro atoms. The van der Waals surface area contributed by atoms with Crippen LogP contribution in [-0.4, -0.2) is 43.5 Å². The van der Waals surface area contributed by atoms with Gasteiger partial charge in [0, 0.05) is 20.1 Å². The number of likely N-dealkylation sites (tertiary alicyclic amines) is 1. The van der Waals surface area contributed by atoms with Gasteiger partial charge in [-0.1, -0.05) is 13.0 Å². The van der Waals surface area contributed by atoms with Gasteiger partial charge in [-0.25, -0.2) is 0 Å². The minimum atomic E-state index is -0.0685. The summed E-state index contributed by atoms with van der Waals surface area (Å²) in [6.07, 6.45) is 2.55. The molecule has 22 heavy (non-hydrogen) atoms. The SMILES string of the molecule is CC1CCN(C(=O)Cc2ccc3c(c2)N(C)C(=O)CO3)CC1. The van der Waals surface area contributed by atoms with Crippen LogP contribution in [0.1, 0.15) is 25.3 Å². The van der Waals surface area contributed by atoms with Crippen molar-refractivity contribution in [1.82, 2.24) is 4.90 Å². The quantitative estimate of drug-likeness (QED) is 0.837. The average Bonchev–Trinajstić information content (AvgIpc) is 2.52. The number of fused-ring (bicyclic) bond motifs is 1. The third-order valence-electron chi connectivity index (χ3n) is 4.60. The van der Waals surface area contributed by atoms with Crippen LogP contribution in [0.5, 0.6) is 5.75 Å². The number of nitrogens with zero attached hydrogens (tertiary/aromatic N) is 2. The lowest BCUT2D eigenvalue weighted by Gasteiger charge is -2.30. The van der Waals surface area contributed by atoms with Crippen molar-refractivity contribution in [1.29, 1.82) is 0 Å². The Labute approximate surface area is 130 Å². The molecule has 2 aliphatic rings. The second kappa shape index (κ2) is 5.99. The molecule has 2 heterocycles. The lowest BCUT2D eigenvalue weighted by molar-refractivity contribution is -0.131. The molecule has 5 nitrogen and oxygen atoms in total. The molecule has 2 amide bonds. The molecule has 5 heteroatoms. The maximum atomic E-state index is 12.4.